The van der Waals surface area contributed by atoms with Gasteiger partial charge in [0.2, 0.25) is 10.0 Å². The maximum atomic E-state index is 11.5. The molecule has 0 saturated heterocycles. The Kier molecular flexibility index (Phi) is 5.05. The fraction of sp³-hybridized carbons (Fsp3) is 0.600. The Morgan fingerprint density at radius 1 is 1.20 bits per heavy atom. The third-order valence-electron chi connectivity index (χ3n) is 4.06. The zero-order valence-electron chi connectivity index (χ0n) is 12.1. The summed E-state index contributed by atoms with van der Waals surface area (Å²) in [5.41, 5.74) is 1.52. The van der Waals surface area contributed by atoms with Gasteiger partial charge in [0, 0.05) is 12.2 Å². The fourth-order valence-electron chi connectivity index (χ4n) is 2.85. The first-order valence-corrected chi connectivity index (χ1v) is 8.89. The molecule has 0 bridgehead atoms. The molecule has 1 fully saturated rings. The van der Waals surface area contributed by atoms with Crippen LogP contribution in [-0.2, 0) is 10.0 Å². The van der Waals surface area contributed by atoms with Gasteiger partial charge in [-0.05, 0) is 43.4 Å². The molecule has 0 unspecified atom stereocenters. The van der Waals surface area contributed by atoms with Crippen LogP contribution in [0.4, 0.5) is 5.69 Å². The molecule has 1 aliphatic carbocycles. The van der Waals surface area contributed by atoms with Crippen molar-refractivity contribution < 1.29 is 8.42 Å². The van der Waals surface area contributed by atoms with Crippen molar-refractivity contribution in [1.29, 1.82) is 0 Å². The molecule has 0 aliphatic heterocycles. The Bertz CT molecular complexity index is 547. The van der Waals surface area contributed by atoms with Crippen molar-refractivity contribution in [2.24, 2.45) is 11.1 Å². The molecule has 0 heterocycles. The van der Waals surface area contributed by atoms with Gasteiger partial charge < -0.3 is 5.32 Å². The van der Waals surface area contributed by atoms with Crippen LogP contribution >= 0.6 is 0 Å². The zero-order valence-corrected chi connectivity index (χ0v) is 12.9. The van der Waals surface area contributed by atoms with Crippen molar-refractivity contribution in [2.45, 2.75) is 50.3 Å². The summed E-state index contributed by atoms with van der Waals surface area (Å²) in [6, 6.07) is 5.36. The van der Waals surface area contributed by atoms with Crippen molar-refractivity contribution >= 4 is 15.7 Å². The van der Waals surface area contributed by atoms with E-state index in [2.05, 4.69) is 5.32 Å². The van der Waals surface area contributed by atoms with Crippen LogP contribution in [0.2, 0.25) is 0 Å². The first kappa shape index (κ1) is 15.3. The first-order valence-electron chi connectivity index (χ1n) is 7.34. The minimum Gasteiger partial charge on any atom is -0.385 e. The Morgan fingerprint density at radius 3 is 2.45 bits per heavy atom. The largest absolute Gasteiger partial charge is 0.385 e. The van der Waals surface area contributed by atoms with E-state index < -0.39 is 10.0 Å². The molecule has 0 spiro atoms. The smallest absolute Gasteiger partial charge is 0.238 e. The van der Waals surface area contributed by atoms with Gasteiger partial charge in [-0.3, -0.25) is 0 Å². The van der Waals surface area contributed by atoms with Crippen LogP contribution in [-0.4, -0.2) is 15.0 Å². The van der Waals surface area contributed by atoms with Gasteiger partial charge in [0.25, 0.3) is 0 Å². The number of hydrogen-bond donors (Lipinski definition) is 2. The van der Waals surface area contributed by atoms with E-state index in [0.717, 1.165) is 12.2 Å². The van der Waals surface area contributed by atoms with Crippen LogP contribution in [0.3, 0.4) is 0 Å². The average Bonchev–Trinajstić information content (AvgIpc) is 2.65. The number of benzene rings is 1. The average molecular weight is 296 g/mol. The van der Waals surface area contributed by atoms with Crippen LogP contribution < -0.4 is 10.5 Å². The van der Waals surface area contributed by atoms with E-state index in [1.54, 1.807) is 19.1 Å². The van der Waals surface area contributed by atoms with Gasteiger partial charge >= 0.3 is 0 Å². The molecule has 0 aromatic heterocycles. The number of anilines is 1. The summed E-state index contributed by atoms with van der Waals surface area (Å²) in [7, 11) is -3.65. The van der Waals surface area contributed by atoms with Crippen LogP contribution in [0.1, 0.15) is 44.1 Å². The quantitative estimate of drug-likeness (QED) is 0.839. The minimum absolute atomic E-state index is 0.211. The molecular weight excluding hydrogens is 272 g/mol. The van der Waals surface area contributed by atoms with Gasteiger partial charge in [0.1, 0.15) is 0 Å². The molecule has 1 aromatic carbocycles. The standard InChI is InChI=1S/C15H24N2O2S/c1-12-8-9-14(10-15(12)20(16,18)19)17-11-13-6-4-2-3-5-7-13/h8-10,13,17H,2-7,11H2,1H3,(H2,16,18,19). The predicted molar refractivity (Wildman–Crippen MR) is 82.2 cm³/mol. The van der Waals surface area contributed by atoms with E-state index in [4.69, 9.17) is 5.14 Å². The predicted octanol–water partition coefficient (Wildman–Crippen LogP) is 3.02. The highest BCUT2D eigenvalue weighted by atomic mass is 32.2. The summed E-state index contributed by atoms with van der Waals surface area (Å²) in [5, 5.41) is 8.59. The first-order chi connectivity index (χ1) is 9.47. The van der Waals surface area contributed by atoms with Crippen molar-refractivity contribution in [3.63, 3.8) is 0 Å². The monoisotopic (exact) mass is 296 g/mol. The number of primary sulfonamides is 1. The second-order valence-electron chi connectivity index (χ2n) is 5.76. The summed E-state index contributed by atoms with van der Waals surface area (Å²) in [6.45, 7) is 2.67. The molecule has 0 radical (unpaired) electrons. The van der Waals surface area contributed by atoms with E-state index >= 15 is 0 Å². The van der Waals surface area contributed by atoms with E-state index in [-0.39, 0.29) is 4.90 Å². The van der Waals surface area contributed by atoms with Crippen LogP contribution in [0.25, 0.3) is 0 Å². The molecule has 0 atom stereocenters. The van der Waals surface area contributed by atoms with Gasteiger partial charge in [0.05, 0.1) is 4.90 Å². The van der Waals surface area contributed by atoms with Gasteiger partial charge in [0.15, 0.2) is 0 Å². The highest BCUT2D eigenvalue weighted by molar-refractivity contribution is 7.89. The topological polar surface area (TPSA) is 72.2 Å². The van der Waals surface area contributed by atoms with E-state index in [1.165, 1.54) is 38.5 Å². The number of nitrogens with one attached hydrogen (secondary N) is 1. The number of rotatable bonds is 4. The van der Waals surface area contributed by atoms with E-state index in [9.17, 15) is 8.42 Å². The molecule has 3 N–H and O–H groups in total. The van der Waals surface area contributed by atoms with Crippen LogP contribution in [0, 0.1) is 12.8 Å². The van der Waals surface area contributed by atoms with Crippen molar-refractivity contribution in [1.82, 2.24) is 0 Å². The number of hydrogen-bond acceptors (Lipinski definition) is 3. The maximum absolute atomic E-state index is 11.5. The summed E-state index contributed by atoms with van der Waals surface area (Å²) in [6.07, 6.45) is 7.83. The maximum Gasteiger partial charge on any atom is 0.238 e. The SMILES string of the molecule is Cc1ccc(NCC2CCCCCC2)cc1S(N)(=O)=O. The summed E-state index contributed by atoms with van der Waals surface area (Å²) in [4.78, 5) is 0.211. The molecule has 1 aliphatic rings. The number of aryl methyl sites for hydroxylation is 1. The molecule has 20 heavy (non-hydrogen) atoms. The Labute approximate surface area is 121 Å². The molecule has 0 amide bonds. The van der Waals surface area contributed by atoms with Gasteiger partial charge in [-0.25, -0.2) is 13.6 Å². The van der Waals surface area contributed by atoms with Crippen LogP contribution in [0.5, 0.6) is 0 Å². The lowest BCUT2D eigenvalue weighted by atomic mass is 10.0. The van der Waals surface area contributed by atoms with Gasteiger partial charge in [-0.1, -0.05) is 31.7 Å². The lowest BCUT2D eigenvalue weighted by Crippen LogP contribution is -2.16. The van der Waals surface area contributed by atoms with E-state index in [0.29, 0.717) is 11.5 Å². The molecule has 5 heteroatoms. The molecule has 112 valence electrons. The van der Waals surface area contributed by atoms with Gasteiger partial charge in [-0.2, -0.15) is 0 Å². The van der Waals surface area contributed by atoms with Crippen LogP contribution in [0.15, 0.2) is 23.1 Å². The highest BCUT2D eigenvalue weighted by Gasteiger charge is 2.14. The Balaban J connectivity index is 2.03. The molecule has 2 rings (SSSR count). The van der Waals surface area contributed by atoms with Crippen molar-refractivity contribution in [3.8, 4) is 0 Å². The van der Waals surface area contributed by atoms with Crippen molar-refractivity contribution in [3.05, 3.63) is 23.8 Å². The Morgan fingerprint density at radius 2 is 1.85 bits per heavy atom. The minimum atomic E-state index is -3.65. The normalized spacial score (nSPS) is 17.7. The number of sulfonamides is 1. The summed E-state index contributed by atoms with van der Waals surface area (Å²) in [5.74, 6) is 0.691. The molecule has 1 aromatic rings. The summed E-state index contributed by atoms with van der Waals surface area (Å²) >= 11 is 0. The van der Waals surface area contributed by atoms with Gasteiger partial charge in [-0.15, -0.1) is 0 Å². The fourth-order valence-corrected chi connectivity index (χ4v) is 3.65. The summed E-state index contributed by atoms with van der Waals surface area (Å²) < 4.78 is 23.0. The molecule has 1 saturated carbocycles. The third-order valence-corrected chi connectivity index (χ3v) is 5.12. The van der Waals surface area contributed by atoms with Crippen molar-refractivity contribution in [2.75, 3.05) is 11.9 Å². The lowest BCUT2D eigenvalue weighted by molar-refractivity contribution is 0.483. The second-order valence-corrected chi connectivity index (χ2v) is 7.29. The molecular formula is C15H24N2O2S. The number of nitrogens with two attached hydrogens (primary N) is 1. The lowest BCUT2D eigenvalue weighted by Gasteiger charge is -2.16. The second kappa shape index (κ2) is 6.59. The highest BCUT2D eigenvalue weighted by Crippen LogP contribution is 2.24. The zero-order chi connectivity index (χ0) is 14.6. The Hall–Kier alpha value is -1.07. The molecule has 4 nitrogen and oxygen atoms in total. The third kappa shape index (κ3) is 4.21. The van der Waals surface area contributed by atoms with E-state index in [1.807, 2.05) is 6.07 Å².